The van der Waals surface area contributed by atoms with E-state index in [-0.39, 0.29) is 12.3 Å². The van der Waals surface area contributed by atoms with Gasteiger partial charge in [0.2, 0.25) is 5.91 Å². The average molecular weight is 638 g/mol. The summed E-state index contributed by atoms with van der Waals surface area (Å²) in [5, 5.41) is 13.1. The van der Waals surface area contributed by atoms with Gasteiger partial charge >= 0.3 is 0 Å². The van der Waals surface area contributed by atoms with Gasteiger partial charge in [-0.3, -0.25) is 9.35 Å². The zero-order valence-corrected chi connectivity index (χ0v) is 29.1. The molecule has 0 aliphatic heterocycles. The molecule has 6 nitrogen and oxygen atoms in total. The number of rotatable bonds is 31. The van der Waals surface area contributed by atoms with E-state index in [9.17, 15) is 22.9 Å². The van der Waals surface area contributed by atoms with Gasteiger partial charge in [0, 0.05) is 6.42 Å². The fraction of sp³-hybridized carbons (Fsp3) is 0.757. The van der Waals surface area contributed by atoms with Gasteiger partial charge in [-0.25, -0.2) is 0 Å². The maximum absolute atomic E-state index is 12.4. The highest BCUT2D eigenvalue weighted by Crippen LogP contribution is 2.11. The number of allylic oxidation sites excluding steroid dienone is 7. The third-order valence-corrected chi connectivity index (χ3v) is 8.51. The van der Waals surface area contributed by atoms with Gasteiger partial charge < -0.3 is 10.4 Å². The molecule has 0 heterocycles. The summed E-state index contributed by atoms with van der Waals surface area (Å²) in [6, 6.07) is -1.08. The molecule has 0 aliphatic carbocycles. The monoisotopic (exact) mass is 637 g/mol. The Morgan fingerprint density at radius 1 is 0.614 bits per heavy atom. The average Bonchev–Trinajstić information content (AvgIpc) is 2.98. The number of hydrogen-bond acceptors (Lipinski definition) is 4. The number of carbonyl (C=O) groups excluding carboxylic acids is 1. The van der Waals surface area contributed by atoms with Gasteiger partial charge in [0.05, 0.1) is 17.9 Å². The minimum atomic E-state index is -4.35. The van der Waals surface area contributed by atoms with Crippen LogP contribution in [0.25, 0.3) is 0 Å². The van der Waals surface area contributed by atoms with Crippen LogP contribution in [0.4, 0.5) is 0 Å². The summed E-state index contributed by atoms with van der Waals surface area (Å²) in [5.41, 5.74) is 0. The molecule has 3 N–H and O–H groups in total. The van der Waals surface area contributed by atoms with E-state index in [1.807, 2.05) is 0 Å². The first-order valence-corrected chi connectivity index (χ1v) is 19.4. The summed E-state index contributed by atoms with van der Waals surface area (Å²) in [5.74, 6) is -1.02. The normalized spacial score (nSPS) is 14.0. The minimum absolute atomic E-state index is 0.270. The fourth-order valence-corrected chi connectivity index (χ4v) is 5.76. The highest BCUT2D eigenvalue weighted by molar-refractivity contribution is 7.85. The number of carbonyl (C=O) groups is 1. The van der Waals surface area contributed by atoms with Crippen molar-refractivity contribution in [3.8, 4) is 0 Å². The molecule has 7 heteroatoms. The number of unbranched alkanes of at least 4 members (excludes halogenated alkanes) is 17. The van der Waals surface area contributed by atoms with Crippen molar-refractivity contribution in [3.63, 3.8) is 0 Å². The van der Waals surface area contributed by atoms with E-state index >= 15 is 0 Å². The molecule has 44 heavy (non-hydrogen) atoms. The van der Waals surface area contributed by atoms with Crippen molar-refractivity contribution in [3.05, 3.63) is 48.6 Å². The predicted molar refractivity (Wildman–Crippen MR) is 188 cm³/mol. The van der Waals surface area contributed by atoms with Crippen LogP contribution in [0.3, 0.4) is 0 Å². The molecular formula is C37H67NO5S. The molecule has 0 radical (unpaired) electrons. The first-order valence-electron chi connectivity index (χ1n) is 17.8. The molecule has 0 bridgehead atoms. The van der Waals surface area contributed by atoms with Crippen LogP contribution >= 0.6 is 0 Å². The Balaban J connectivity index is 4.10. The van der Waals surface area contributed by atoms with E-state index in [0.29, 0.717) is 12.8 Å². The smallest absolute Gasteiger partial charge is 0.267 e. The van der Waals surface area contributed by atoms with Crippen molar-refractivity contribution in [2.75, 3.05) is 5.75 Å². The quantitative estimate of drug-likeness (QED) is 0.0399. The maximum atomic E-state index is 12.4. The third-order valence-electron chi connectivity index (χ3n) is 7.73. The van der Waals surface area contributed by atoms with E-state index in [0.717, 1.165) is 51.4 Å². The molecule has 2 atom stereocenters. The number of hydrogen-bond donors (Lipinski definition) is 3. The van der Waals surface area contributed by atoms with Gasteiger partial charge in [0.15, 0.2) is 0 Å². The molecule has 1 amide bonds. The van der Waals surface area contributed by atoms with Gasteiger partial charge in [-0.1, -0.05) is 140 Å². The van der Waals surface area contributed by atoms with Crippen LogP contribution in [0.5, 0.6) is 0 Å². The van der Waals surface area contributed by atoms with Crippen molar-refractivity contribution in [2.45, 2.75) is 174 Å². The number of aliphatic hydroxyl groups excluding tert-OH is 1. The summed E-state index contributed by atoms with van der Waals surface area (Å²) in [7, 11) is -4.35. The van der Waals surface area contributed by atoms with Gasteiger partial charge in [-0.05, 0) is 64.2 Å². The second kappa shape index (κ2) is 31.3. The van der Waals surface area contributed by atoms with E-state index in [2.05, 4.69) is 55.6 Å². The van der Waals surface area contributed by atoms with Crippen LogP contribution < -0.4 is 5.32 Å². The molecule has 0 fully saturated rings. The van der Waals surface area contributed by atoms with E-state index < -0.39 is 28.0 Å². The first-order chi connectivity index (χ1) is 21.3. The molecule has 0 spiro atoms. The first kappa shape index (κ1) is 42.3. The second-order valence-electron chi connectivity index (χ2n) is 12.1. The summed E-state index contributed by atoms with van der Waals surface area (Å²) >= 11 is 0. The number of amides is 1. The van der Waals surface area contributed by atoms with Crippen molar-refractivity contribution < 1.29 is 22.9 Å². The zero-order chi connectivity index (χ0) is 32.6. The van der Waals surface area contributed by atoms with Crippen LogP contribution in [0.2, 0.25) is 0 Å². The Morgan fingerprint density at radius 2 is 1.05 bits per heavy atom. The Labute approximate surface area is 271 Å². The summed E-state index contributed by atoms with van der Waals surface area (Å²) in [6.45, 7) is 4.46. The van der Waals surface area contributed by atoms with Gasteiger partial charge in [-0.15, -0.1) is 0 Å². The van der Waals surface area contributed by atoms with Crippen LogP contribution in [0.1, 0.15) is 162 Å². The lowest BCUT2D eigenvalue weighted by atomic mass is 10.1. The SMILES string of the molecule is CCCCC/C=C\C/C=C\CCCCCCCC(=O)NC(CS(=O)(=O)O)C(O)/C=C/CC/C=C/CCCCCCCCCC. The fourth-order valence-electron chi connectivity index (χ4n) is 5.02. The molecule has 0 rings (SSSR count). The van der Waals surface area contributed by atoms with Crippen LogP contribution in [-0.4, -0.2) is 41.9 Å². The topological polar surface area (TPSA) is 104 Å². The summed E-state index contributed by atoms with van der Waals surface area (Å²) < 4.78 is 32.3. The Kier molecular flexibility index (Phi) is 30.1. The lowest BCUT2D eigenvalue weighted by Gasteiger charge is -2.21. The Morgan fingerprint density at radius 3 is 1.61 bits per heavy atom. The zero-order valence-electron chi connectivity index (χ0n) is 28.3. The second-order valence-corrected chi connectivity index (χ2v) is 13.6. The number of aliphatic hydroxyl groups is 1. The molecule has 0 aromatic carbocycles. The third kappa shape index (κ3) is 31.7. The maximum Gasteiger partial charge on any atom is 0.267 e. The van der Waals surface area contributed by atoms with Gasteiger partial charge in [0.25, 0.3) is 10.1 Å². The van der Waals surface area contributed by atoms with Crippen LogP contribution in [0.15, 0.2) is 48.6 Å². The highest BCUT2D eigenvalue weighted by atomic mass is 32.2. The van der Waals surface area contributed by atoms with E-state index in [4.69, 9.17) is 0 Å². The summed E-state index contributed by atoms with van der Waals surface area (Å²) in [4.78, 5) is 12.4. The van der Waals surface area contributed by atoms with Gasteiger partial charge in [0.1, 0.15) is 0 Å². The van der Waals surface area contributed by atoms with Crippen molar-refractivity contribution in [1.29, 1.82) is 0 Å². The Bertz CT molecular complexity index is 878. The lowest BCUT2D eigenvalue weighted by molar-refractivity contribution is -0.122. The molecule has 0 aromatic heterocycles. The molecule has 2 unspecified atom stereocenters. The van der Waals surface area contributed by atoms with Gasteiger partial charge in [-0.2, -0.15) is 8.42 Å². The van der Waals surface area contributed by atoms with E-state index in [1.54, 1.807) is 6.08 Å². The largest absolute Gasteiger partial charge is 0.387 e. The minimum Gasteiger partial charge on any atom is -0.387 e. The molecule has 0 aromatic rings. The van der Waals surface area contributed by atoms with Crippen LogP contribution in [0, 0.1) is 0 Å². The summed E-state index contributed by atoms with van der Waals surface area (Å²) in [6.07, 6.45) is 40.9. The molecule has 256 valence electrons. The standard InChI is InChI=1S/C37H67NO5S/c1-3-5-7-9-11-13-15-17-19-21-23-25-27-29-31-33-37(40)38-35(34-44(41,42)43)36(39)32-30-28-26-24-22-20-18-16-14-12-10-8-6-4-2/h11,13,17,19,22,24,30,32,35-36,39H,3-10,12,14-16,18,20-21,23,25-29,31,33-34H2,1-2H3,(H,38,40)(H,41,42,43)/b13-11-,19-17-,24-22+,32-30+. The van der Waals surface area contributed by atoms with Crippen molar-refractivity contribution >= 4 is 16.0 Å². The highest BCUT2D eigenvalue weighted by Gasteiger charge is 2.24. The molecule has 0 saturated carbocycles. The van der Waals surface area contributed by atoms with Crippen molar-refractivity contribution in [2.24, 2.45) is 0 Å². The lowest BCUT2D eigenvalue weighted by Crippen LogP contribution is -2.46. The van der Waals surface area contributed by atoms with E-state index in [1.165, 1.54) is 83.1 Å². The number of nitrogens with one attached hydrogen (secondary N) is 1. The molecular weight excluding hydrogens is 570 g/mol. The molecule has 0 aliphatic rings. The molecule has 0 saturated heterocycles. The van der Waals surface area contributed by atoms with Crippen molar-refractivity contribution in [1.82, 2.24) is 5.32 Å². The Hall–Kier alpha value is -1.70. The van der Waals surface area contributed by atoms with Crippen LogP contribution in [-0.2, 0) is 14.9 Å². The predicted octanol–water partition coefficient (Wildman–Crippen LogP) is 9.96.